The summed E-state index contributed by atoms with van der Waals surface area (Å²) in [5.41, 5.74) is 1.14. The Morgan fingerprint density at radius 1 is 1.10 bits per heavy atom. The third-order valence-corrected chi connectivity index (χ3v) is 0.607. The Morgan fingerprint density at radius 3 is 1.35 bits per heavy atom. The standard InChI is InChI=1S/C6H5.2C3H7.CH4N.H3O2PS2.Zn/c1-2-4-6-5-3-1;2*1-3-2;1-2;1-3(2,4)5;/h1-5H;2*1,3H2,2H3;1-2H2;(H3,1,2,4,5);/q4*-1;;. The van der Waals surface area contributed by atoms with E-state index in [1.807, 2.05) is 44.2 Å². The van der Waals surface area contributed by atoms with Crippen LogP contribution in [0.5, 0.6) is 0 Å². The SMILES string of the molecule is OP(O)(=S)S.[CH2-]CC.[CH2-]CC.[CH2-]N.[Zn].[c-]1ccccc1. The molecule has 0 heterocycles. The summed E-state index contributed by atoms with van der Waals surface area (Å²) in [7, 11) is 2.75. The molecule has 0 unspecified atom stereocenters. The zero-order valence-corrected chi connectivity index (χ0v) is 18.0. The van der Waals surface area contributed by atoms with Gasteiger partial charge in [-0.3, -0.25) is 7.05 Å². The third-order valence-electron chi connectivity index (χ3n) is 0.607. The van der Waals surface area contributed by atoms with Crippen molar-refractivity contribution in [3.63, 3.8) is 0 Å². The van der Waals surface area contributed by atoms with E-state index >= 15 is 0 Å². The van der Waals surface area contributed by atoms with Crippen LogP contribution in [0, 0.1) is 27.0 Å². The van der Waals surface area contributed by atoms with Crippen molar-refractivity contribution in [3.8, 4) is 0 Å². The molecular weight excluding hydrogens is 363 g/mol. The van der Waals surface area contributed by atoms with Crippen LogP contribution in [0.15, 0.2) is 30.3 Å². The summed E-state index contributed by atoms with van der Waals surface area (Å²) in [5, 5.41) is 0. The Bertz CT molecular complexity index is 225. The average molecular weight is 389 g/mol. The van der Waals surface area contributed by atoms with Gasteiger partial charge in [0.05, 0.1) is 0 Å². The maximum atomic E-state index is 7.87. The predicted octanol–water partition coefficient (Wildman–Crippen LogP) is 3.81. The van der Waals surface area contributed by atoms with Crippen LogP contribution in [0.3, 0.4) is 0 Å². The van der Waals surface area contributed by atoms with Crippen molar-refractivity contribution in [2.75, 3.05) is 0 Å². The van der Waals surface area contributed by atoms with Gasteiger partial charge in [-0.05, 0) is 11.8 Å². The number of nitrogens with two attached hydrogens (primary N) is 1. The van der Waals surface area contributed by atoms with Crippen LogP contribution in [0.2, 0.25) is 0 Å². The van der Waals surface area contributed by atoms with E-state index < -0.39 is 5.69 Å². The first-order chi connectivity index (χ1) is 8.83. The predicted molar refractivity (Wildman–Crippen MR) is 93.8 cm³/mol. The van der Waals surface area contributed by atoms with Crippen molar-refractivity contribution in [1.29, 1.82) is 0 Å². The first kappa shape index (κ1) is 32.6. The summed E-state index contributed by atoms with van der Waals surface area (Å²) >= 11 is 7.07. The number of thiol groups is 1. The normalized spacial score (nSPS) is 7.45. The first-order valence-corrected chi connectivity index (χ1v) is 9.38. The van der Waals surface area contributed by atoms with Gasteiger partial charge in [0.2, 0.25) is 5.69 Å². The number of benzene rings is 1. The number of hydrogen-bond acceptors (Lipinski definition) is 2. The second kappa shape index (κ2) is 31.9. The minimum absolute atomic E-state index is 0. The fourth-order valence-electron chi connectivity index (χ4n) is 0.342. The minimum atomic E-state index is -3.11. The summed E-state index contributed by atoms with van der Waals surface area (Å²) in [6.45, 7) is 11.0. The van der Waals surface area contributed by atoms with Gasteiger partial charge >= 0.3 is 0 Å². The zero-order chi connectivity index (χ0) is 16.2. The molecule has 0 saturated carbocycles. The summed E-state index contributed by atoms with van der Waals surface area (Å²) < 4.78 is 0. The zero-order valence-electron chi connectivity index (χ0n) is 12.4. The Hall–Kier alpha value is 0.723. The Labute approximate surface area is 148 Å². The summed E-state index contributed by atoms with van der Waals surface area (Å²) in [4.78, 5) is 15.7. The third kappa shape index (κ3) is 130. The van der Waals surface area contributed by atoms with Gasteiger partial charge in [0.25, 0.3) is 0 Å². The van der Waals surface area contributed by atoms with Crippen molar-refractivity contribution >= 4 is 29.7 Å². The van der Waals surface area contributed by atoms with Crippen LogP contribution in [0.4, 0.5) is 0 Å². The molecule has 0 aliphatic carbocycles. The molecule has 118 valence electrons. The molecule has 0 aliphatic heterocycles. The van der Waals surface area contributed by atoms with Gasteiger partial charge in [0.15, 0.2) is 0 Å². The van der Waals surface area contributed by atoms with Gasteiger partial charge in [-0.25, -0.2) is 0 Å². The van der Waals surface area contributed by atoms with Crippen LogP contribution in [-0.4, -0.2) is 9.79 Å². The molecule has 0 aliphatic rings. The first-order valence-electron chi connectivity index (χ1n) is 5.52. The summed E-state index contributed by atoms with van der Waals surface area (Å²) in [6.07, 6.45) is 2.00. The molecule has 0 amide bonds. The Morgan fingerprint density at radius 2 is 1.30 bits per heavy atom. The van der Waals surface area contributed by atoms with Crippen LogP contribution < -0.4 is 5.73 Å². The maximum Gasteiger partial charge on any atom is 0.239 e. The van der Waals surface area contributed by atoms with Gasteiger partial charge < -0.3 is 29.4 Å². The van der Waals surface area contributed by atoms with Crippen LogP contribution in [-0.2, 0) is 31.3 Å². The van der Waals surface area contributed by atoms with Crippen molar-refractivity contribution < 1.29 is 29.3 Å². The topological polar surface area (TPSA) is 66.5 Å². The molecule has 1 aromatic carbocycles. The van der Waals surface area contributed by atoms with Gasteiger partial charge in [0.1, 0.15) is 0 Å². The van der Waals surface area contributed by atoms with Crippen molar-refractivity contribution in [2.45, 2.75) is 26.7 Å². The maximum absolute atomic E-state index is 7.87. The molecule has 0 aromatic heterocycles. The fourth-order valence-corrected chi connectivity index (χ4v) is 0.342. The number of hydrogen-bond donors (Lipinski definition) is 4. The molecule has 1 aromatic rings. The van der Waals surface area contributed by atoms with Crippen molar-refractivity contribution in [2.24, 2.45) is 5.73 Å². The minimum Gasteiger partial charge on any atom is -0.486 e. The van der Waals surface area contributed by atoms with Crippen LogP contribution in [0.25, 0.3) is 0 Å². The molecule has 7 heteroatoms. The van der Waals surface area contributed by atoms with E-state index in [1.165, 1.54) is 0 Å². The monoisotopic (exact) mass is 387 g/mol. The Kier molecular flexibility index (Phi) is 52.0. The molecule has 4 N–H and O–H groups in total. The van der Waals surface area contributed by atoms with E-state index in [4.69, 9.17) is 9.79 Å². The molecule has 0 atom stereocenters. The Balaban J connectivity index is -0.0000000493. The van der Waals surface area contributed by atoms with Crippen molar-refractivity contribution in [1.82, 2.24) is 0 Å². The van der Waals surface area contributed by atoms with E-state index in [2.05, 4.69) is 56.8 Å². The molecule has 3 nitrogen and oxygen atoms in total. The summed E-state index contributed by atoms with van der Waals surface area (Å²) in [5.74, 6) is 0. The summed E-state index contributed by atoms with van der Waals surface area (Å²) in [6, 6.07) is 12.5. The molecule has 1 rings (SSSR count). The molecule has 0 bridgehead atoms. The average Bonchev–Trinajstić information content (AvgIpc) is 2.34. The molecule has 0 fully saturated rings. The van der Waals surface area contributed by atoms with Crippen LogP contribution in [0.1, 0.15) is 26.7 Å². The fraction of sp³-hybridized carbons (Fsp3) is 0.308. The molecule has 20 heavy (non-hydrogen) atoms. The molecule has 0 spiro atoms. The largest absolute Gasteiger partial charge is 0.486 e. The van der Waals surface area contributed by atoms with Gasteiger partial charge in [-0.1, -0.05) is 26.1 Å². The second-order valence-electron chi connectivity index (χ2n) is 2.59. The van der Waals surface area contributed by atoms with E-state index in [1.54, 1.807) is 0 Å². The molecule has 0 saturated heterocycles. The van der Waals surface area contributed by atoms with Crippen molar-refractivity contribution in [3.05, 3.63) is 57.3 Å². The second-order valence-corrected chi connectivity index (χ2v) is 7.63. The molecular formula is C13H26NO2PS2Zn-4. The molecule has 0 radical (unpaired) electrons. The van der Waals surface area contributed by atoms with Gasteiger partial charge in [-0.15, -0.1) is 0 Å². The van der Waals surface area contributed by atoms with E-state index in [0.29, 0.717) is 0 Å². The van der Waals surface area contributed by atoms with Crippen LogP contribution >= 0.6 is 17.9 Å². The quantitative estimate of drug-likeness (QED) is 0.236. The van der Waals surface area contributed by atoms with Gasteiger partial charge in [0, 0.05) is 19.5 Å². The van der Waals surface area contributed by atoms with Gasteiger partial charge in [-0.2, -0.15) is 49.2 Å². The van der Waals surface area contributed by atoms with E-state index in [-0.39, 0.29) is 19.5 Å². The van der Waals surface area contributed by atoms with E-state index in [0.717, 1.165) is 12.8 Å². The number of rotatable bonds is 0. The van der Waals surface area contributed by atoms with E-state index in [9.17, 15) is 0 Å². The smallest absolute Gasteiger partial charge is 0.239 e.